The SMILES string of the molecule is Cn1cnc(CNS(=O)(=O)c2cnccc2Cl)n1. The van der Waals surface area contributed by atoms with Gasteiger partial charge in [-0.1, -0.05) is 11.6 Å². The molecule has 0 bridgehead atoms. The molecule has 0 aliphatic heterocycles. The van der Waals surface area contributed by atoms with Crippen LogP contribution in [0.15, 0.2) is 29.7 Å². The van der Waals surface area contributed by atoms with Crippen molar-refractivity contribution in [1.29, 1.82) is 0 Å². The quantitative estimate of drug-likeness (QED) is 0.876. The predicted octanol–water partition coefficient (Wildman–Crippen LogP) is 0.342. The van der Waals surface area contributed by atoms with Crippen LogP contribution in [0.3, 0.4) is 0 Å². The zero-order chi connectivity index (χ0) is 13.2. The third-order valence-electron chi connectivity index (χ3n) is 2.09. The van der Waals surface area contributed by atoms with E-state index in [1.54, 1.807) is 7.05 Å². The lowest BCUT2D eigenvalue weighted by Gasteiger charge is -2.05. The van der Waals surface area contributed by atoms with Crippen LogP contribution in [0.5, 0.6) is 0 Å². The normalized spacial score (nSPS) is 11.7. The van der Waals surface area contributed by atoms with Gasteiger partial charge in [-0.3, -0.25) is 9.67 Å². The monoisotopic (exact) mass is 287 g/mol. The van der Waals surface area contributed by atoms with Gasteiger partial charge in [0.2, 0.25) is 10.0 Å². The number of halogens is 1. The number of pyridine rings is 1. The first-order chi connectivity index (χ1) is 8.49. The van der Waals surface area contributed by atoms with Crippen molar-refractivity contribution in [2.45, 2.75) is 11.4 Å². The van der Waals surface area contributed by atoms with E-state index in [4.69, 9.17) is 11.6 Å². The molecule has 9 heteroatoms. The number of aromatic nitrogens is 4. The van der Waals surface area contributed by atoms with Crippen LogP contribution in [0.1, 0.15) is 5.82 Å². The molecule has 0 radical (unpaired) electrons. The molecule has 0 aliphatic rings. The van der Waals surface area contributed by atoms with E-state index in [1.165, 1.54) is 29.5 Å². The highest BCUT2D eigenvalue weighted by atomic mass is 35.5. The first kappa shape index (κ1) is 12.9. The van der Waals surface area contributed by atoms with Crippen molar-refractivity contribution in [3.05, 3.63) is 35.6 Å². The van der Waals surface area contributed by atoms with E-state index >= 15 is 0 Å². The maximum Gasteiger partial charge on any atom is 0.244 e. The summed E-state index contributed by atoms with van der Waals surface area (Å²) in [7, 11) is -2.02. The summed E-state index contributed by atoms with van der Waals surface area (Å²) in [6.45, 7) is -0.00556. The van der Waals surface area contributed by atoms with Crippen molar-refractivity contribution in [3.63, 3.8) is 0 Å². The summed E-state index contributed by atoms with van der Waals surface area (Å²) in [6.07, 6.45) is 4.10. The Hall–Kier alpha value is -1.51. The molecule has 2 aromatic heterocycles. The minimum atomic E-state index is -3.71. The molecule has 1 N–H and O–H groups in total. The van der Waals surface area contributed by atoms with Crippen LogP contribution in [0.25, 0.3) is 0 Å². The fraction of sp³-hybridized carbons (Fsp3) is 0.222. The molecule has 2 aromatic rings. The molecule has 0 atom stereocenters. The van der Waals surface area contributed by atoms with Crippen molar-refractivity contribution < 1.29 is 8.42 Å². The second kappa shape index (κ2) is 5.01. The molecular formula is C9H10ClN5O2S. The van der Waals surface area contributed by atoms with Gasteiger partial charge in [-0.25, -0.2) is 18.1 Å². The van der Waals surface area contributed by atoms with Crippen molar-refractivity contribution >= 4 is 21.6 Å². The highest BCUT2D eigenvalue weighted by Gasteiger charge is 2.18. The number of hydrogen-bond donors (Lipinski definition) is 1. The van der Waals surface area contributed by atoms with Crippen molar-refractivity contribution in [2.24, 2.45) is 7.05 Å². The van der Waals surface area contributed by atoms with E-state index < -0.39 is 10.0 Å². The van der Waals surface area contributed by atoms with E-state index in [0.29, 0.717) is 5.82 Å². The van der Waals surface area contributed by atoms with E-state index in [0.717, 1.165) is 0 Å². The van der Waals surface area contributed by atoms with Crippen LogP contribution < -0.4 is 4.72 Å². The average molecular weight is 288 g/mol. The fourth-order valence-electron chi connectivity index (χ4n) is 1.26. The molecule has 0 saturated carbocycles. The number of hydrogen-bond acceptors (Lipinski definition) is 5. The highest BCUT2D eigenvalue weighted by Crippen LogP contribution is 2.18. The lowest BCUT2D eigenvalue weighted by atomic mass is 10.5. The minimum Gasteiger partial charge on any atom is -0.263 e. The summed E-state index contributed by atoms with van der Waals surface area (Å²) < 4.78 is 27.7. The van der Waals surface area contributed by atoms with Crippen LogP contribution in [-0.4, -0.2) is 28.2 Å². The van der Waals surface area contributed by atoms with Crippen LogP contribution in [0, 0.1) is 0 Å². The van der Waals surface area contributed by atoms with E-state index in [9.17, 15) is 8.42 Å². The Balaban J connectivity index is 2.16. The van der Waals surface area contributed by atoms with Gasteiger partial charge in [-0.05, 0) is 6.07 Å². The van der Waals surface area contributed by atoms with Gasteiger partial charge in [-0.2, -0.15) is 5.10 Å². The van der Waals surface area contributed by atoms with Crippen molar-refractivity contribution in [1.82, 2.24) is 24.5 Å². The van der Waals surface area contributed by atoms with Crippen LogP contribution in [0.4, 0.5) is 0 Å². The zero-order valence-corrected chi connectivity index (χ0v) is 11.0. The van der Waals surface area contributed by atoms with Crippen LogP contribution >= 0.6 is 11.6 Å². The number of sulfonamides is 1. The lowest BCUT2D eigenvalue weighted by Crippen LogP contribution is -2.24. The largest absolute Gasteiger partial charge is 0.263 e. The molecule has 0 spiro atoms. The minimum absolute atomic E-state index is 0.00556. The summed E-state index contributed by atoms with van der Waals surface area (Å²) in [5.41, 5.74) is 0. The number of nitrogens with zero attached hydrogens (tertiary/aromatic N) is 4. The van der Waals surface area contributed by atoms with Crippen molar-refractivity contribution in [3.8, 4) is 0 Å². The molecule has 7 nitrogen and oxygen atoms in total. The van der Waals surface area contributed by atoms with Gasteiger partial charge in [0.05, 0.1) is 11.6 Å². The van der Waals surface area contributed by atoms with Gasteiger partial charge in [0.15, 0.2) is 5.82 Å². The first-order valence-electron chi connectivity index (χ1n) is 4.93. The Labute approximate surface area is 109 Å². The molecule has 0 saturated heterocycles. The summed E-state index contributed by atoms with van der Waals surface area (Å²) >= 11 is 5.80. The molecular weight excluding hydrogens is 278 g/mol. The number of aryl methyl sites for hydroxylation is 1. The summed E-state index contributed by atoms with van der Waals surface area (Å²) in [4.78, 5) is 7.58. The molecule has 2 heterocycles. The average Bonchev–Trinajstić information content (AvgIpc) is 2.73. The van der Waals surface area contributed by atoms with Crippen LogP contribution in [0.2, 0.25) is 5.02 Å². The molecule has 96 valence electrons. The summed E-state index contributed by atoms with van der Waals surface area (Å²) in [6, 6.07) is 1.41. The Morgan fingerprint density at radius 2 is 2.28 bits per heavy atom. The molecule has 0 amide bonds. The number of nitrogens with one attached hydrogen (secondary N) is 1. The molecule has 0 unspecified atom stereocenters. The van der Waals surface area contributed by atoms with Gasteiger partial charge < -0.3 is 0 Å². The predicted molar refractivity (Wildman–Crippen MR) is 64.3 cm³/mol. The first-order valence-corrected chi connectivity index (χ1v) is 6.79. The Morgan fingerprint density at radius 3 is 2.89 bits per heavy atom. The third kappa shape index (κ3) is 2.84. The number of rotatable bonds is 4. The fourth-order valence-corrected chi connectivity index (χ4v) is 2.67. The Bertz CT molecular complexity index is 654. The van der Waals surface area contributed by atoms with E-state index in [2.05, 4.69) is 19.8 Å². The molecule has 2 rings (SSSR count). The third-order valence-corrected chi connectivity index (χ3v) is 3.96. The molecule has 18 heavy (non-hydrogen) atoms. The van der Waals surface area contributed by atoms with Gasteiger partial charge in [-0.15, -0.1) is 0 Å². The van der Waals surface area contributed by atoms with E-state index in [-0.39, 0.29) is 16.5 Å². The maximum atomic E-state index is 11.9. The molecule has 0 fully saturated rings. The highest BCUT2D eigenvalue weighted by molar-refractivity contribution is 7.89. The van der Waals surface area contributed by atoms with E-state index in [1.807, 2.05) is 0 Å². The summed E-state index contributed by atoms with van der Waals surface area (Å²) in [5, 5.41) is 4.08. The smallest absolute Gasteiger partial charge is 0.244 e. The van der Waals surface area contributed by atoms with Crippen molar-refractivity contribution in [2.75, 3.05) is 0 Å². The second-order valence-corrected chi connectivity index (χ2v) is 5.61. The Kier molecular flexibility index (Phi) is 3.60. The molecule has 0 aromatic carbocycles. The zero-order valence-electron chi connectivity index (χ0n) is 9.41. The Morgan fingerprint density at radius 1 is 1.50 bits per heavy atom. The van der Waals surface area contributed by atoms with Gasteiger partial charge >= 0.3 is 0 Å². The van der Waals surface area contributed by atoms with Gasteiger partial charge in [0.1, 0.15) is 11.2 Å². The topological polar surface area (TPSA) is 89.8 Å². The van der Waals surface area contributed by atoms with Crippen LogP contribution in [-0.2, 0) is 23.6 Å². The van der Waals surface area contributed by atoms with Gasteiger partial charge in [0.25, 0.3) is 0 Å². The second-order valence-electron chi connectivity index (χ2n) is 3.47. The van der Waals surface area contributed by atoms with Gasteiger partial charge in [0, 0.05) is 19.4 Å². The molecule has 0 aliphatic carbocycles. The lowest BCUT2D eigenvalue weighted by molar-refractivity contribution is 0.578. The summed E-state index contributed by atoms with van der Waals surface area (Å²) in [5.74, 6) is 0.376. The maximum absolute atomic E-state index is 11.9. The standard InChI is InChI=1S/C9H10ClN5O2S/c1-15-6-12-9(14-15)5-13-18(16,17)8-4-11-3-2-7(8)10/h2-4,6,13H,5H2,1H3.